The Kier molecular flexibility index (Phi) is 5.58. The molecule has 130 valence electrons. The molecular weight excluding hydrogens is 346 g/mol. The molecule has 0 bridgehead atoms. The predicted molar refractivity (Wildman–Crippen MR) is 99.5 cm³/mol. The van der Waals surface area contributed by atoms with E-state index in [1.807, 2.05) is 30.0 Å². The van der Waals surface area contributed by atoms with Gasteiger partial charge in [0.25, 0.3) is 5.91 Å². The smallest absolute Gasteiger partial charge is 0.251 e. The summed E-state index contributed by atoms with van der Waals surface area (Å²) in [5, 5.41) is 4.65. The Balaban J connectivity index is 1.53. The Hall–Kier alpha value is -1.37. The molecule has 24 heavy (non-hydrogen) atoms. The minimum Gasteiger partial charge on any atom is -0.368 e. The van der Waals surface area contributed by atoms with Crippen LogP contribution in [0.2, 0.25) is 5.02 Å². The van der Waals surface area contributed by atoms with E-state index in [0.29, 0.717) is 24.8 Å². The number of piperazine rings is 1. The molecule has 5 nitrogen and oxygen atoms in total. The summed E-state index contributed by atoms with van der Waals surface area (Å²) in [6, 6.07) is 5.73. The van der Waals surface area contributed by atoms with E-state index in [1.165, 1.54) is 0 Å². The van der Waals surface area contributed by atoms with E-state index in [1.54, 1.807) is 0 Å². The zero-order chi connectivity index (χ0) is 17.1. The number of benzene rings is 1. The lowest BCUT2D eigenvalue weighted by Crippen LogP contribution is -2.53. The van der Waals surface area contributed by atoms with E-state index >= 15 is 0 Å². The summed E-state index contributed by atoms with van der Waals surface area (Å²) in [6.45, 7) is 5.47. The molecule has 2 saturated heterocycles. The average Bonchev–Trinajstić information content (AvgIpc) is 3.13. The predicted octanol–water partition coefficient (Wildman–Crippen LogP) is 2.67. The van der Waals surface area contributed by atoms with Crippen LogP contribution in [-0.4, -0.2) is 59.7 Å². The van der Waals surface area contributed by atoms with Gasteiger partial charge in [-0.3, -0.25) is 4.79 Å². The fraction of sp³-hybridized carbons (Fsp3) is 0.529. The van der Waals surface area contributed by atoms with Crippen molar-refractivity contribution in [2.75, 3.05) is 38.1 Å². The zero-order valence-corrected chi connectivity index (χ0v) is 15.3. The third-order valence-electron chi connectivity index (χ3n) is 4.59. The summed E-state index contributed by atoms with van der Waals surface area (Å²) >= 11 is 11.7. The summed E-state index contributed by atoms with van der Waals surface area (Å²) in [6.07, 6.45) is 1.58. The summed E-state index contributed by atoms with van der Waals surface area (Å²) in [4.78, 5) is 16.4. The highest BCUT2D eigenvalue weighted by molar-refractivity contribution is 7.80. The Bertz CT molecular complexity index is 626. The van der Waals surface area contributed by atoms with E-state index in [4.69, 9.17) is 28.6 Å². The second-order valence-corrected chi connectivity index (χ2v) is 6.95. The molecule has 1 N–H and O–H groups in total. The van der Waals surface area contributed by atoms with Gasteiger partial charge in [-0.2, -0.15) is 0 Å². The van der Waals surface area contributed by atoms with Crippen molar-refractivity contribution in [2.45, 2.75) is 25.9 Å². The summed E-state index contributed by atoms with van der Waals surface area (Å²) in [5.74, 6) is 0.122. The van der Waals surface area contributed by atoms with Gasteiger partial charge in [0, 0.05) is 43.5 Å². The van der Waals surface area contributed by atoms with Gasteiger partial charge < -0.3 is 19.9 Å². The van der Waals surface area contributed by atoms with Gasteiger partial charge >= 0.3 is 0 Å². The molecule has 0 aromatic heterocycles. The van der Waals surface area contributed by atoms with E-state index in [2.05, 4.69) is 10.2 Å². The highest BCUT2D eigenvalue weighted by Gasteiger charge is 2.30. The quantitative estimate of drug-likeness (QED) is 0.814. The van der Waals surface area contributed by atoms with Crippen LogP contribution in [0.4, 0.5) is 5.69 Å². The third-order valence-corrected chi connectivity index (χ3v) is 5.36. The Morgan fingerprint density at radius 3 is 2.67 bits per heavy atom. The van der Waals surface area contributed by atoms with Gasteiger partial charge in [-0.25, -0.2) is 0 Å². The van der Waals surface area contributed by atoms with Crippen molar-refractivity contribution in [2.24, 2.45) is 0 Å². The van der Waals surface area contributed by atoms with E-state index < -0.39 is 0 Å². The number of rotatable bonds is 2. The number of halogens is 1. The summed E-state index contributed by atoms with van der Waals surface area (Å²) in [5.41, 5.74) is 1.90. The van der Waals surface area contributed by atoms with Crippen molar-refractivity contribution in [3.63, 3.8) is 0 Å². The molecule has 2 fully saturated rings. The lowest BCUT2D eigenvalue weighted by atomic mass is 10.2. The number of hydrogen-bond acceptors (Lipinski definition) is 3. The van der Waals surface area contributed by atoms with E-state index in [-0.39, 0.29) is 12.0 Å². The first-order valence-electron chi connectivity index (χ1n) is 8.27. The van der Waals surface area contributed by atoms with Crippen LogP contribution in [-0.2, 0) is 9.53 Å². The lowest BCUT2D eigenvalue weighted by Gasteiger charge is -2.37. The van der Waals surface area contributed by atoms with Crippen molar-refractivity contribution in [1.82, 2.24) is 9.80 Å². The third kappa shape index (κ3) is 3.82. The molecule has 0 unspecified atom stereocenters. The number of carbonyl (C=O) groups is 1. The molecule has 3 rings (SSSR count). The normalized spacial score (nSPS) is 21.0. The minimum absolute atomic E-state index is 0.122. The van der Waals surface area contributed by atoms with Crippen molar-refractivity contribution in [1.29, 1.82) is 0 Å². The van der Waals surface area contributed by atoms with Crippen LogP contribution < -0.4 is 5.32 Å². The second kappa shape index (κ2) is 7.68. The highest BCUT2D eigenvalue weighted by Crippen LogP contribution is 2.23. The summed E-state index contributed by atoms with van der Waals surface area (Å²) in [7, 11) is 0. The van der Waals surface area contributed by atoms with Crippen LogP contribution >= 0.6 is 23.8 Å². The van der Waals surface area contributed by atoms with Crippen LogP contribution in [0.25, 0.3) is 0 Å². The largest absolute Gasteiger partial charge is 0.368 e. The molecular formula is C17H22ClN3O2S. The molecule has 2 aliphatic heterocycles. The topological polar surface area (TPSA) is 44.8 Å². The van der Waals surface area contributed by atoms with Crippen LogP contribution in [0.3, 0.4) is 0 Å². The van der Waals surface area contributed by atoms with Gasteiger partial charge in [0.2, 0.25) is 0 Å². The van der Waals surface area contributed by atoms with Crippen molar-refractivity contribution in [3.8, 4) is 0 Å². The van der Waals surface area contributed by atoms with E-state index in [0.717, 1.165) is 42.2 Å². The number of thiocarbonyl (C=S) groups is 1. The van der Waals surface area contributed by atoms with Crippen LogP contribution in [0.5, 0.6) is 0 Å². The highest BCUT2D eigenvalue weighted by atomic mass is 35.5. The van der Waals surface area contributed by atoms with Crippen molar-refractivity contribution >= 4 is 40.5 Å². The molecule has 1 amide bonds. The monoisotopic (exact) mass is 367 g/mol. The number of ether oxygens (including phenoxy) is 1. The molecule has 7 heteroatoms. The molecule has 1 aromatic carbocycles. The van der Waals surface area contributed by atoms with Gasteiger partial charge in [-0.05, 0) is 49.7 Å². The number of anilines is 1. The number of nitrogens with zero attached hydrogens (tertiary/aromatic N) is 2. The average molecular weight is 368 g/mol. The second-order valence-electron chi connectivity index (χ2n) is 6.16. The molecule has 0 saturated carbocycles. The Morgan fingerprint density at radius 1 is 1.29 bits per heavy atom. The van der Waals surface area contributed by atoms with Gasteiger partial charge in [-0.15, -0.1) is 0 Å². The molecule has 0 spiro atoms. The van der Waals surface area contributed by atoms with Crippen molar-refractivity contribution < 1.29 is 9.53 Å². The van der Waals surface area contributed by atoms with Crippen LogP contribution in [0.15, 0.2) is 18.2 Å². The maximum Gasteiger partial charge on any atom is 0.251 e. The minimum atomic E-state index is -0.240. The van der Waals surface area contributed by atoms with Crippen LogP contribution in [0, 0.1) is 6.92 Å². The fourth-order valence-electron chi connectivity index (χ4n) is 3.04. The number of hydrogen-bond donors (Lipinski definition) is 1. The first-order valence-corrected chi connectivity index (χ1v) is 9.06. The number of nitrogens with one attached hydrogen (secondary N) is 1. The summed E-state index contributed by atoms with van der Waals surface area (Å²) < 4.78 is 5.49. The van der Waals surface area contributed by atoms with Gasteiger partial charge in [0.1, 0.15) is 6.10 Å². The maximum absolute atomic E-state index is 12.4. The number of amides is 1. The molecule has 2 heterocycles. The van der Waals surface area contributed by atoms with Crippen LogP contribution in [0.1, 0.15) is 18.4 Å². The fourth-order valence-corrected chi connectivity index (χ4v) is 3.51. The van der Waals surface area contributed by atoms with Gasteiger partial charge in [0.15, 0.2) is 5.11 Å². The maximum atomic E-state index is 12.4. The van der Waals surface area contributed by atoms with Gasteiger partial charge in [-0.1, -0.05) is 17.7 Å². The molecule has 0 aliphatic carbocycles. The molecule has 2 aliphatic rings. The molecule has 1 aromatic rings. The standard InChI is InChI=1S/C17H22ClN3O2S/c1-12-13(18)4-2-5-14(12)19-17(24)21-9-7-20(8-10-21)16(22)15-6-3-11-23-15/h2,4-5,15H,3,6-11H2,1H3,(H,19,24)/t15-/m0/s1. The lowest BCUT2D eigenvalue weighted by molar-refractivity contribution is -0.142. The zero-order valence-electron chi connectivity index (χ0n) is 13.8. The SMILES string of the molecule is Cc1c(Cl)cccc1NC(=S)N1CCN(C(=O)[C@@H]2CCCO2)CC1. The van der Waals surface area contributed by atoms with E-state index in [9.17, 15) is 4.79 Å². The number of carbonyl (C=O) groups excluding carboxylic acids is 1. The first-order chi connectivity index (χ1) is 11.6. The molecule has 0 radical (unpaired) electrons. The van der Waals surface area contributed by atoms with Crippen molar-refractivity contribution in [3.05, 3.63) is 28.8 Å². The Morgan fingerprint density at radius 2 is 2.00 bits per heavy atom. The molecule has 1 atom stereocenters. The Labute approximate surface area is 152 Å². The van der Waals surface area contributed by atoms with Gasteiger partial charge in [0.05, 0.1) is 0 Å². The first kappa shape index (κ1) is 17.5.